The average Bonchev–Trinajstić information content (AvgIpc) is 2.27. The van der Waals surface area contributed by atoms with Gasteiger partial charge in [0.1, 0.15) is 0 Å². The minimum absolute atomic E-state index is 0.0438. The van der Waals surface area contributed by atoms with Gasteiger partial charge in [-0.2, -0.15) is 0 Å². The van der Waals surface area contributed by atoms with Crippen molar-refractivity contribution in [1.82, 2.24) is 15.7 Å². The Kier molecular flexibility index (Phi) is 3.61. The molecule has 0 spiro atoms. The van der Waals surface area contributed by atoms with Crippen molar-refractivity contribution >= 4 is 16.1 Å². The molecule has 0 heterocycles. The van der Waals surface area contributed by atoms with Crippen LogP contribution in [0.4, 0.5) is 4.79 Å². The largest absolute Gasteiger partial charge is 0.344 e. The molecule has 0 aliphatic carbocycles. The number of hydrogen-bond acceptors (Lipinski definition) is 4. The third-order valence-electron chi connectivity index (χ3n) is 1.48. The summed E-state index contributed by atoms with van der Waals surface area (Å²) in [6.07, 6.45) is 0. The molecule has 5 N–H and O–H groups in total. The maximum absolute atomic E-state index is 11.5. The van der Waals surface area contributed by atoms with Crippen molar-refractivity contribution in [3.05, 3.63) is 30.3 Å². The van der Waals surface area contributed by atoms with Gasteiger partial charge in [-0.15, -0.1) is 4.83 Å². The van der Waals surface area contributed by atoms with Crippen molar-refractivity contribution in [2.24, 2.45) is 5.84 Å². The first kappa shape index (κ1) is 11.4. The maximum Gasteiger partial charge on any atom is 0.344 e. The first-order valence-electron chi connectivity index (χ1n) is 3.90. The number of carbonyl (C=O) groups excluding carboxylic acids is 1. The van der Waals surface area contributed by atoms with E-state index in [4.69, 9.17) is 5.84 Å². The van der Waals surface area contributed by atoms with Crippen LogP contribution in [0.1, 0.15) is 0 Å². The van der Waals surface area contributed by atoms with Gasteiger partial charge in [0.25, 0.3) is 10.0 Å². The summed E-state index contributed by atoms with van der Waals surface area (Å²) in [5.74, 6) is 4.74. The molecule has 1 aromatic carbocycles. The number of sulfonamides is 1. The van der Waals surface area contributed by atoms with Crippen molar-refractivity contribution in [2.75, 3.05) is 0 Å². The Hall–Kier alpha value is -1.64. The lowest BCUT2D eigenvalue weighted by atomic mass is 10.4. The fourth-order valence-corrected chi connectivity index (χ4v) is 1.67. The molecule has 0 aliphatic rings. The monoisotopic (exact) mass is 230 g/mol. The Morgan fingerprint density at radius 2 is 1.80 bits per heavy atom. The highest BCUT2D eigenvalue weighted by atomic mass is 32.2. The number of nitrogens with one attached hydrogen (secondary N) is 3. The zero-order valence-corrected chi connectivity index (χ0v) is 8.41. The summed E-state index contributed by atoms with van der Waals surface area (Å²) in [7, 11) is -3.74. The van der Waals surface area contributed by atoms with Crippen molar-refractivity contribution in [3.63, 3.8) is 0 Å². The lowest BCUT2D eigenvalue weighted by Gasteiger charge is -2.07. The fraction of sp³-hybridized carbons (Fsp3) is 0. The van der Waals surface area contributed by atoms with Crippen LogP contribution in [0.25, 0.3) is 0 Å². The first-order valence-corrected chi connectivity index (χ1v) is 5.38. The highest BCUT2D eigenvalue weighted by molar-refractivity contribution is 7.89. The van der Waals surface area contributed by atoms with Crippen molar-refractivity contribution in [2.45, 2.75) is 4.90 Å². The summed E-state index contributed by atoms with van der Waals surface area (Å²) in [5.41, 5.74) is 3.57. The van der Waals surface area contributed by atoms with Crippen LogP contribution < -0.4 is 21.5 Å². The van der Waals surface area contributed by atoms with Crippen LogP contribution in [0.5, 0.6) is 0 Å². The maximum atomic E-state index is 11.5. The van der Waals surface area contributed by atoms with E-state index in [1.54, 1.807) is 23.6 Å². The molecule has 0 fully saturated rings. The molecule has 2 amide bonds. The van der Waals surface area contributed by atoms with Gasteiger partial charge >= 0.3 is 6.03 Å². The molecule has 15 heavy (non-hydrogen) atoms. The van der Waals surface area contributed by atoms with Crippen LogP contribution in [0.3, 0.4) is 0 Å². The third-order valence-corrected chi connectivity index (χ3v) is 2.75. The van der Waals surface area contributed by atoms with Crippen LogP contribution in [-0.2, 0) is 10.0 Å². The minimum Gasteiger partial charge on any atom is -0.275 e. The second-order valence-corrected chi connectivity index (χ2v) is 4.20. The number of urea groups is 1. The van der Waals surface area contributed by atoms with Gasteiger partial charge in [0.2, 0.25) is 0 Å². The normalized spacial score (nSPS) is 10.7. The number of carbonyl (C=O) groups is 1. The average molecular weight is 230 g/mol. The van der Waals surface area contributed by atoms with Gasteiger partial charge < -0.3 is 0 Å². The first-order chi connectivity index (χ1) is 7.06. The number of nitrogens with two attached hydrogens (primary N) is 1. The smallest absolute Gasteiger partial charge is 0.275 e. The molecule has 1 rings (SSSR count). The molecular weight excluding hydrogens is 220 g/mol. The third kappa shape index (κ3) is 3.20. The van der Waals surface area contributed by atoms with Crippen LogP contribution in [-0.4, -0.2) is 14.4 Å². The van der Waals surface area contributed by atoms with Gasteiger partial charge in [-0.1, -0.05) is 18.2 Å². The van der Waals surface area contributed by atoms with E-state index in [0.717, 1.165) is 0 Å². The number of amides is 2. The predicted molar refractivity (Wildman–Crippen MR) is 52.6 cm³/mol. The van der Waals surface area contributed by atoms with Gasteiger partial charge in [0.05, 0.1) is 4.90 Å². The molecule has 0 atom stereocenters. The second kappa shape index (κ2) is 4.73. The molecule has 0 radical (unpaired) electrons. The highest BCUT2D eigenvalue weighted by Crippen LogP contribution is 2.05. The number of rotatable bonds is 3. The minimum atomic E-state index is -3.74. The topological polar surface area (TPSA) is 113 Å². The van der Waals surface area contributed by atoms with E-state index in [2.05, 4.69) is 0 Å². The zero-order chi connectivity index (χ0) is 11.3. The van der Waals surface area contributed by atoms with Gasteiger partial charge in [-0.25, -0.2) is 19.1 Å². The summed E-state index contributed by atoms with van der Waals surface area (Å²) in [5, 5.41) is 0. The lowest BCUT2D eigenvalue weighted by Crippen LogP contribution is -2.48. The van der Waals surface area contributed by atoms with Crippen LogP contribution in [0.15, 0.2) is 35.2 Å². The van der Waals surface area contributed by atoms with Gasteiger partial charge in [0, 0.05) is 0 Å². The van der Waals surface area contributed by atoms with Crippen molar-refractivity contribution in [3.8, 4) is 0 Å². The van der Waals surface area contributed by atoms with Crippen LogP contribution >= 0.6 is 0 Å². The summed E-state index contributed by atoms with van der Waals surface area (Å²) in [4.78, 5) is 12.5. The number of hydrazine groups is 2. The zero-order valence-electron chi connectivity index (χ0n) is 7.60. The number of hydrogen-bond donors (Lipinski definition) is 4. The van der Waals surface area contributed by atoms with Crippen molar-refractivity contribution < 1.29 is 13.2 Å². The summed E-state index contributed by atoms with van der Waals surface area (Å²) >= 11 is 0. The molecule has 0 unspecified atom stereocenters. The van der Waals surface area contributed by atoms with Gasteiger partial charge in [-0.3, -0.25) is 10.9 Å². The number of benzene rings is 1. The van der Waals surface area contributed by atoms with Gasteiger partial charge in [-0.05, 0) is 12.1 Å². The Balaban J connectivity index is 2.73. The van der Waals surface area contributed by atoms with E-state index >= 15 is 0 Å². The van der Waals surface area contributed by atoms with Crippen molar-refractivity contribution in [1.29, 1.82) is 0 Å². The quantitative estimate of drug-likeness (QED) is 0.304. The second-order valence-electron chi connectivity index (χ2n) is 2.52. The molecule has 0 bridgehead atoms. The molecule has 7 nitrogen and oxygen atoms in total. The van der Waals surface area contributed by atoms with Gasteiger partial charge in [0.15, 0.2) is 0 Å². The van der Waals surface area contributed by atoms with E-state index in [1.165, 1.54) is 12.1 Å². The SMILES string of the molecule is NNC(=O)NNS(=O)(=O)c1ccccc1. The predicted octanol–water partition coefficient (Wildman–Crippen LogP) is -0.947. The van der Waals surface area contributed by atoms with Crippen LogP contribution in [0, 0.1) is 0 Å². The highest BCUT2D eigenvalue weighted by Gasteiger charge is 2.13. The Labute approximate surface area is 86.6 Å². The Morgan fingerprint density at radius 1 is 1.20 bits per heavy atom. The molecule has 0 aromatic heterocycles. The fourth-order valence-electron chi connectivity index (χ4n) is 0.808. The molecule has 82 valence electrons. The lowest BCUT2D eigenvalue weighted by molar-refractivity contribution is 0.239. The standard InChI is InChI=1S/C7H10N4O3S/c8-9-7(12)10-11-15(13,14)6-4-2-1-3-5-6/h1-5,11H,8H2,(H2,9,10,12). The molecule has 8 heteroatoms. The van der Waals surface area contributed by atoms with E-state index in [-0.39, 0.29) is 4.90 Å². The van der Waals surface area contributed by atoms with E-state index in [1.807, 2.05) is 10.3 Å². The summed E-state index contributed by atoms with van der Waals surface area (Å²) < 4.78 is 22.9. The summed E-state index contributed by atoms with van der Waals surface area (Å²) in [6, 6.07) is 6.75. The molecule has 0 saturated heterocycles. The molecule has 0 aliphatic heterocycles. The summed E-state index contributed by atoms with van der Waals surface area (Å²) in [6.45, 7) is 0. The molecular formula is C7H10N4O3S. The molecule has 0 saturated carbocycles. The van der Waals surface area contributed by atoms with Crippen LogP contribution in [0.2, 0.25) is 0 Å². The van der Waals surface area contributed by atoms with E-state index in [9.17, 15) is 13.2 Å². The Morgan fingerprint density at radius 3 is 2.33 bits per heavy atom. The Bertz CT molecular complexity index is 431. The van der Waals surface area contributed by atoms with E-state index in [0.29, 0.717) is 0 Å². The van der Waals surface area contributed by atoms with E-state index < -0.39 is 16.1 Å². The molecule has 1 aromatic rings.